The number of rotatable bonds is 5. The lowest BCUT2D eigenvalue weighted by Crippen LogP contribution is -2.42. The zero-order valence-electron chi connectivity index (χ0n) is 13.2. The predicted molar refractivity (Wildman–Crippen MR) is 83.0 cm³/mol. The molecule has 0 saturated carbocycles. The van der Waals surface area contributed by atoms with Gasteiger partial charge in [-0.3, -0.25) is 9.69 Å². The van der Waals surface area contributed by atoms with E-state index in [9.17, 15) is 4.79 Å². The van der Waals surface area contributed by atoms with Crippen LogP contribution in [0.2, 0.25) is 0 Å². The average molecular weight is 291 g/mol. The lowest BCUT2D eigenvalue weighted by atomic mass is 10.0. The van der Waals surface area contributed by atoms with Crippen LogP contribution in [0, 0.1) is 20.8 Å². The van der Waals surface area contributed by atoms with Crippen molar-refractivity contribution in [2.24, 2.45) is 0 Å². The van der Waals surface area contributed by atoms with Crippen molar-refractivity contribution in [3.8, 4) is 5.75 Å². The molecular weight excluding hydrogens is 266 g/mol. The molecule has 1 unspecified atom stereocenters. The number of carboxylic acid groups (broad SMARTS) is 1. The first-order valence-electron chi connectivity index (χ1n) is 7.65. The van der Waals surface area contributed by atoms with Gasteiger partial charge < -0.3 is 9.84 Å². The van der Waals surface area contributed by atoms with Gasteiger partial charge in [-0.2, -0.15) is 0 Å². The third-order valence-corrected chi connectivity index (χ3v) is 4.26. The van der Waals surface area contributed by atoms with Gasteiger partial charge in [-0.05, 0) is 56.8 Å². The molecule has 2 rings (SSSR count). The summed E-state index contributed by atoms with van der Waals surface area (Å²) >= 11 is 0. The third-order valence-electron chi connectivity index (χ3n) is 4.26. The highest BCUT2D eigenvalue weighted by atomic mass is 16.5. The number of carbonyl (C=O) groups is 1. The summed E-state index contributed by atoms with van der Waals surface area (Å²) in [5.41, 5.74) is 3.62. The zero-order valence-corrected chi connectivity index (χ0v) is 13.2. The van der Waals surface area contributed by atoms with E-state index < -0.39 is 5.97 Å². The van der Waals surface area contributed by atoms with Crippen molar-refractivity contribution in [1.82, 2.24) is 4.90 Å². The Balaban J connectivity index is 2.00. The maximum absolute atomic E-state index is 10.7. The highest BCUT2D eigenvalue weighted by Crippen LogP contribution is 2.28. The Morgan fingerprint density at radius 3 is 2.76 bits per heavy atom. The second kappa shape index (κ2) is 6.94. The summed E-state index contributed by atoms with van der Waals surface area (Å²) in [6.45, 7) is 8.68. The summed E-state index contributed by atoms with van der Waals surface area (Å²) in [5, 5.41) is 8.79. The van der Waals surface area contributed by atoms with Gasteiger partial charge in [0.05, 0.1) is 6.42 Å². The maximum atomic E-state index is 10.7. The quantitative estimate of drug-likeness (QED) is 0.906. The van der Waals surface area contributed by atoms with E-state index in [1.54, 1.807) is 0 Å². The lowest BCUT2D eigenvalue weighted by molar-refractivity contribution is -0.137. The largest absolute Gasteiger partial charge is 0.489 e. The molecule has 0 radical (unpaired) electrons. The molecule has 4 nitrogen and oxygen atoms in total. The standard InChI is InChI=1S/C17H25NO3/c1-12-6-7-13(2)17(14(12)3)21-15-5-4-9-18(11-15)10-8-16(19)20/h6-7,15H,4-5,8-11H2,1-3H3,(H,19,20). The fourth-order valence-electron chi connectivity index (χ4n) is 2.84. The first-order chi connectivity index (χ1) is 9.97. The van der Waals surface area contributed by atoms with Crippen molar-refractivity contribution in [2.75, 3.05) is 19.6 Å². The molecule has 21 heavy (non-hydrogen) atoms. The Labute approximate surface area is 126 Å². The van der Waals surface area contributed by atoms with Crippen LogP contribution in [0.3, 0.4) is 0 Å². The first-order valence-corrected chi connectivity index (χ1v) is 7.65. The molecule has 0 aromatic heterocycles. The van der Waals surface area contributed by atoms with Gasteiger partial charge in [0.1, 0.15) is 11.9 Å². The van der Waals surface area contributed by atoms with E-state index in [2.05, 4.69) is 37.8 Å². The summed E-state index contributed by atoms with van der Waals surface area (Å²) in [4.78, 5) is 12.9. The van der Waals surface area contributed by atoms with Gasteiger partial charge in [0, 0.05) is 13.1 Å². The molecule has 1 saturated heterocycles. The molecule has 4 heteroatoms. The normalized spacial score (nSPS) is 19.5. The monoisotopic (exact) mass is 291 g/mol. The van der Waals surface area contributed by atoms with Crippen molar-refractivity contribution in [1.29, 1.82) is 0 Å². The van der Waals surface area contributed by atoms with Gasteiger partial charge in [-0.1, -0.05) is 12.1 Å². The van der Waals surface area contributed by atoms with Crippen molar-refractivity contribution in [3.05, 3.63) is 28.8 Å². The van der Waals surface area contributed by atoms with Crippen LogP contribution in [-0.4, -0.2) is 41.7 Å². The summed E-state index contributed by atoms with van der Waals surface area (Å²) in [6.07, 6.45) is 2.46. The van der Waals surface area contributed by atoms with Crippen LogP contribution in [0.1, 0.15) is 36.0 Å². The van der Waals surface area contributed by atoms with Crippen LogP contribution in [-0.2, 0) is 4.79 Å². The molecule has 1 aliphatic rings. The van der Waals surface area contributed by atoms with E-state index in [-0.39, 0.29) is 12.5 Å². The van der Waals surface area contributed by atoms with Crippen molar-refractivity contribution < 1.29 is 14.6 Å². The summed E-state index contributed by atoms with van der Waals surface area (Å²) in [5.74, 6) is 0.267. The number of nitrogens with zero attached hydrogens (tertiary/aromatic N) is 1. The lowest BCUT2D eigenvalue weighted by Gasteiger charge is -2.33. The Morgan fingerprint density at radius 2 is 2.05 bits per heavy atom. The van der Waals surface area contributed by atoms with Crippen LogP contribution in [0.5, 0.6) is 5.75 Å². The first kappa shape index (κ1) is 15.8. The summed E-state index contributed by atoms with van der Waals surface area (Å²) in [6, 6.07) is 4.22. The smallest absolute Gasteiger partial charge is 0.304 e. The van der Waals surface area contributed by atoms with E-state index in [4.69, 9.17) is 9.84 Å². The molecule has 1 atom stereocenters. The molecule has 1 aliphatic heterocycles. The van der Waals surface area contributed by atoms with Crippen molar-refractivity contribution in [2.45, 2.75) is 46.1 Å². The van der Waals surface area contributed by atoms with Gasteiger partial charge in [0.2, 0.25) is 0 Å². The van der Waals surface area contributed by atoms with Gasteiger partial charge in [0.25, 0.3) is 0 Å². The summed E-state index contributed by atoms with van der Waals surface area (Å²) in [7, 11) is 0. The van der Waals surface area contributed by atoms with E-state index in [0.717, 1.165) is 31.7 Å². The Bertz CT molecular complexity index is 513. The van der Waals surface area contributed by atoms with Gasteiger partial charge >= 0.3 is 5.97 Å². The average Bonchev–Trinajstić information content (AvgIpc) is 2.46. The number of likely N-dealkylation sites (tertiary alicyclic amines) is 1. The van der Waals surface area contributed by atoms with Crippen LogP contribution in [0.25, 0.3) is 0 Å². The Morgan fingerprint density at radius 1 is 1.33 bits per heavy atom. The molecule has 1 fully saturated rings. The molecule has 0 aliphatic carbocycles. The van der Waals surface area contributed by atoms with E-state index >= 15 is 0 Å². The molecular formula is C17H25NO3. The Kier molecular flexibility index (Phi) is 5.23. The zero-order chi connectivity index (χ0) is 15.4. The minimum atomic E-state index is -0.733. The van der Waals surface area contributed by atoms with Gasteiger partial charge in [-0.15, -0.1) is 0 Å². The van der Waals surface area contributed by atoms with Crippen LogP contribution in [0.4, 0.5) is 0 Å². The molecule has 0 spiro atoms. The number of aryl methyl sites for hydroxylation is 2. The third kappa shape index (κ3) is 4.21. The number of hydrogen-bond acceptors (Lipinski definition) is 3. The number of aliphatic carboxylic acids is 1. The van der Waals surface area contributed by atoms with E-state index in [0.29, 0.717) is 6.54 Å². The molecule has 0 amide bonds. The molecule has 1 N–H and O–H groups in total. The molecule has 0 bridgehead atoms. The molecule has 116 valence electrons. The highest BCUT2D eigenvalue weighted by Gasteiger charge is 2.22. The fraction of sp³-hybridized carbons (Fsp3) is 0.588. The molecule has 1 aromatic carbocycles. The highest BCUT2D eigenvalue weighted by molar-refractivity contribution is 5.66. The number of ether oxygens (including phenoxy) is 1. The fourth-order valence-corrected chi connectivity index (χ4v) is 2.84. The second-order valence-corrected chi connectivity index (χ2v) is 5.98. The summed E-state index contributed by atoms with van der Waals surface area (Å²) < 4.78 is 6.25. The number of carboxylic acids is 1. The Hall–Kier alpha value is -1.55. The molecule has 1 heterocycles. The van der Waals surface area contributed by atoms with Crippen molar-refractivity contribution in [3.63, 3.8) is 0 Å². The van der Waals surface area contributed by atoms with Crippen LogP contribution < -0.4 is 4.74 Å². The van der Waals surface area contributed by atoms with E-state index in [1.807, 2.05) is 0 Å². The SMILES string of the molecule is Cc1ccc(C)c(OC2CCCN(CCC(=O)O)C2)c1C. The van der Waals surface area contributed by atoms with Crippen LogP contribution in [0.15, 0.2) is 12.1 Å². The van der Waals surface area contributed by atoms with Gasteiger partial charge in [0.15, 0.2) is 0 Å². The minimum Gasteiger partial charge on any atom is -0.489 e. The second-order valence-electron chi connectivity index (χ2n) is 5.98. The van der Waals surface area contributed by atoms with Crippen LogP contribution >= 0.6 is 0 Å². The van der Waals surface area contributed by atoms with Crippen molar-refractivity contribution >= 4 is 5.97 Å². The topological polar surface area (TPSA) is 49.8 Å². The number of hydrogen-bond donors (Lipinski definition) is 1. The van der Waals surface area contributed by atoms with Gasteiger partial charge in [-0.25, -0.2) is 0 Å². The predicted octanol–water partition coefficient (Wildman–Crippen LogP) is 2.93. The molecule has 1 aromatic rings. The maximum Gasteiger partial charge on any atom is 0.304 e. The van der Waals surface area contributed by atoms with E-state index in [1.165, 1.54) is 16.7 Å². The number of benzene rings is 1. The number of piperidine rings is 1. The minimum absolute atomic E-state index is 0.159.